The Balaban J connectivity index is 1.49. The van der Waals surface area contributed by atoms with Crippen LogP contribution in [0.4, 0.5) is 0 Å². The van der Waals surface area contributed by atoms with Crippen LogP contribution in [0.25, 0.3) is 6.08 Å². The predicted molar refractivity (Wildman–Crippen MR) is 117 cm³/mol. The van der Waals surface area contributed by atoms with Crippen LogP contribution in [-0.2, 0) is 26.5 Å². The molecule has 3 aromatic rings. The minimum absolute atomic E-state index is 0.0626. The van der Waals surface area contributed by atoms with Crippen LogP contribution in [0.5, 0.6) is 11.5 Å². The average Bonchev–Trinajstić information content (AvgIpc) is 3.35. The minimum atomic E-state index is -0.0626. The Kier molecular flexibility index (Phi) is 5.70. The van der Waals surface area contributed by atoms with Gasteiger partial charge in [0.25, 0.3) is 0 Å². The lowest BCUT2D eigenvalue weighted by molar-refractivity contribution is 0.104. The number of allylic oxidation sites excluding steroid dienone is 1. The molecule has 0 aliphatic heterocycles. The van der Waals surface area contributed by atoms with Gasteiger partial charge in [-0.15, -0.1) is 0 Å². The Morgan fingerprint density at radius 3 is 2.77 bits per heavy atom. The third-order valence-electron chi connectivity index (χ3n) is 5.47. The molecule has 0 fully saturated rings. The topological polar surface area (TPSA) is 53.4 Å². The van der Waals surface area contributed by atoms with E-state index < -0.39 is 0 Å². The van der Waals surface area contributed by atoms with E-state index in [1.54, 1.807) is 24.1 Å². The molecule has 0 N–H and O–H groups in total. The Labute approximate surface area is 176 Å². The largest absolute Gasteiger partial charge is 0.496 e. The molecule has 154 valence electrons. The van der Waals surface area contributed by atoms with Gasteiger partial charge in [0, 0.05) is 18.8 Å². The summed E-state index contributed by atoms with van der Waals surface area (Å²) in [4.78, 5) is 12.5. The van der Waals surface area contributed by atoms with Crippen LogP contribution in [0.15, 0.2) is 48.7 Å². The van der Waals surface area contributed by atoms with Crippen LogP contribution in [0.3, 0.4) is 0 Å². The fraction of sp³-hybridized carbons (Fsp3) is 0.280. The highest BCUT2D eigenvalue weighted by Gasteiger charge is 2.12. The summed E-state index contributed by atoms with van der Waals surface area (Å²) < 4.78 is 13.2. The Morgan fingerprint density at radius 2 is 2.00 bits per heavy atom. The molecule has 0 spiro atoms. The highest BCUT2D eigenvalue weighted by molar-refractivity contribution is 6.07. The van der Waals surface area contributed by atoms with E-state index in [-0.39, 0.29) is 5.78 Å². The molecule has 5 nitrogen and oxygen atoms in total. The quantitative estimate of drug-likeness (QED) is 0.425. The summed E-state index contributed by atoms with van der Waals surface area (Å²) in [6, 6.07) is 12.2. The molecule has 1 aliphatic carbocycles. The third kappa shape index (κ3) is 4.30. The molecule has 4 rings (SSSR count). The number of nitrogens with zero attached hydrogens (tertiary/aromatic N) is 2. The van der Waals surface area contributed by atoms with Crippen molar-refractivity contribution in [2.45, 2.75) is 32.8 Å². The Morgan fingerprint density at radius 1 is 1.17 bits per heavy atom. The van der Waals surface area contributed by atoms with Gasteiger partial charge in [-0.1, -0.05) is 18.2 Å². The number of ketones is 1. The molecule has 0 bridgehead atoms. The summed E-state index contributed by atoms with van der Waals surface area (Å²) in [5.74, 6) is 1.58. The highest BCUT2D eigenvalue weighted by Crippen LogP contribution is 2.28. The Bertz CT molecular complexity index is 1110. The summed E-state index contributed by atoms with van der Waals surface area (Å²) in [5.41, 5.74) is 6.01. The van der Waals surface area contributed by atoms with E-state index >= 15 is 0 Å². The summed E-state index contributed by atoms with van der Waals surface area (Å²) in [7, 11) is 3.46. The molecule has 0 saturated carbocycles. The van der Waals surface area contributed by atoms with Crippen molar-refractivity contribution >= 4 is 11.9 Å². The van der Waals surface area contributed by atoms with Crippen LogP contribution >= 0.6 is 0 Å². The number of aromatic nitrogens is 2. The van der Waals surface area contributed by atoms with Crippen molar-refractivity contribution in [2.24, 2.45) is 7.05 Å². The van der Waals surface area contributed by atoms with E-state index in [1.165, 1.54) is 17.5 Å². The zero-order valence-electron chi connectivity index (χ0n) is 17.6. The zero-order chi connectivity index (χ0) is 21.1. The van der Waals surface area contributed by atoms with Gasteiger partial charge in [-0.05, 0) is 73.2 Å². The van der Waals surface area contributed by atoms with Gasteiger partial charge in [0.15, 0.2) is 5.78 Å². The van der Waals surface area contributed by atoms with Gasteiger partial charge in [0.1, 0.15) is 18.1 Å². The summed E-state index contributed by atoms with van der Waals surface area (Å²) in [6.07, 6.45) is 8.64. The molecule has 5 heteroatoms. The van der Waals surface area contributed by atoms with Gasteiger partial charge in [0.05, 0.1) is 18.4 Å². The molecule has 0 amide bonds. The van der Waals surface area contributed by atoms with Gasteiger partial charge in [0.2, 0.25) is 0 Å². The van der Waals surface area contributed by atoms with E-state index in [0.29, 0.717) is 12.2 Å². The molecule has 30 heavy (non-hydrogen) atoms. The van der Waals surface area contributed by atoms with Crippen LogP contribution in [-0.4, -0.2) is 22.7 Å². The number of methoxy groups -OCH3 is 1. The van der Waals surface area contributed by atoms with E-state index in [0.717, 1.165) is 41.2 Å². The zero-order valence-corrected chi connectivity index (χ0v) is 17.6. The van der Waals surface area contributed by atoms with Crippen molar-refractivity contribution in [3.8, 4) is 11.5 Å². The summed E-state index contributed by atoms with van der Waals surface area (Å²) in [6.45, 7) is 2.24. The number of carbonyl (C=O) groups excluding carboxylic acids is 1. The molecule has 1 aliphatic rings. The number of rotatable bonds is 7. The smallest absolute Gasteiger partial charge is 0.189 e. The maximum atomic E-state index is 12.5. The van der Waals surface area contributed by atoms with Gasteiger partial charge in [-0.3, -0.25) is 9.48 Å². The first-order valence-electron chi connectivity index (χ1n) is 10.2. The van der Waals surface area contributed by atoms with E-state index in [1.807, 2.05) is 44.3 Å². The first kappa shape index (κ1) is 20.0. The van der Waals surface area contributed by atoms with Gasteiger partial charge >= 0.3 is 0 Å². The predicted octanol–water partition coefficient (Wildman–Crippen LogP) is 4.70. The van der Waals surface area contributed by atoms with E-state index in [2.05, 4.69) is 17.2 Å². The molecule has 0 saturated heterocycles. The normalized spacial score (nSPS) is 12.9. The first-order chi connectivity index (χ1) is 14.5. The summed E-state index contributed by atoms with van der Waals surface area (Å²) >= 11 is 0. The number of ether oxygens (including phenoxy) is 2. The second kappa shape index (κ2) is 8.57. The fourth-order valence-electron chi connectivity index (χ4n) is 3.92. The fourth-order valence-corrected chi connectivity index (χ4v) is 3.92. The van der Waals surface area contributed by atoms with Crippen molar-refractivity contribution < 1.29 is 14.3 Å². The number of hydrogen-bond acceptors (Lipinski definition) is 4. The second-order valence-corrected chi connectivity index (χ2v) is 7.64. The van der Waals surface area contributed by atoms with Crippen molar-refractivity contribution in [1.82, 2.24) is 9.78 Å². The highest BCUT2D eigenvalue weighted by atomic mass is 16.5. The van der Waals surface area contributed by atoms with Gasteiger partial charge in [-0.2, -0.15) is 5.10 Å². The molecule has 0 unspecified atom stereocenters. The number of fused-ring (bicyclic) bond motifs is 1. The minimum Gasteiger partial charge on any atom is -0.496 e. The molecular formula is C25H26N2O3. The number of hydrogen-bond donors (Lipinski definition) is 0. The van der Waals surface area contributed by atoms with Crippen molar-refractivity contribution in [3.63, 3.8) is 0 Å². The molecule has 1 aromatic heterocycles. The third-order valence-corrected chi connectivity index (χ3v) is 5.47. The number of aryl methyl sites for hydroxylation is 4. The van der Waals surface area contributed by atoms with Crippen LogP contribution in [0.1, 0.15) is 44.7 Å². The van der Waals surface area contributed by atoms with Crippen molar-refractivity contribution in [2.75, 3.05) is 7.11 Å². The van der Waals surface area contributed by atoms with E-state index in [9.17, 15) is 4.79 Å². The number of carbonyl (C=O) groups is 1. The lowest BCUT2D eigenvalue weighted by Gasteiger charge is -2.12. The van der Waals surface area contributed by atoms with Crippen molar-refractivity contribution in [1.29, 1.82) is 0 Å². The van der Waals surface area contributed by atoms with Gasteiger partial charge < -0.3 is 9.47 Å². The van der Waals surface area contributed by atoms with Crippen molar-refractivity contribution in [3.05, 3.63) is 82.2 Å². The maximum absolute atomic E-state index is 12.5. The molecular weight excluding hydrogens is 376 g/mol. The van der Waals surface area contributed by atoms with Crippen LogP contribution in [0.2, 0.25) is 0 Å². The number of benzene rings is 2. The standard InChI is InChI=1S/C25H26N2O3/c1-17-23(15-27(2)26-17)24(28)11-7-18-8-12-25(29-3)21(13-18)16-30-22-10-9-19-5-4-6-20(19)14-22/h7-15H,4-6,16H2,1-3H3/b11-7+. The SMILES string of the molecule is COc1ccc(/C=C/C(=O)c2cn(C)nc2C)cc1COc1ccc2c(c1)CCC2. The summed E-state index contributed by atoms with van der Waals surface area (Å²) in [5, 5.41) is 4.23. The van der Waals surface area contributed by atoms with Gasteiger partial charge in [-0.25, -0.2) is 0 Å². The monoisotopic (exact) mass is 402 g/mol. The molecule has 0 atom stereocenters. The lowest BCUT2D eigenvalue weighted by Crippen LogP contribution is -2.00. The van der Waals surface area contributed by atoms with Crippen LogP contribution in [0, 0.1) is 6.92 Å². The van der Waals surface area contributed by atoms with Crippen LogP contribution < -0.4 is 9.47 Å². The van der Waals surface area contributed by atoms with E-state index in [4.69, 9.17) is 9.47 Å². The first-order valence-corrected chi connectivity index (χ1v) is 10.2. The Hall–Kier alpha value is -3.34. The molecule has 0 radical (unpaired) electrons. The second-order valence-electron chi connectivity index (χ2n) is 7.64. The average molecular weight is 402 g/mol. The maximum Gasteiger partial charge on any atom is 0.189 e. The molecule has 1 heterocycles. The molecule has 2 aromatic carbocycles. The lowest BCUT2D eigenvalue weighted by atomic mass is 10.1.